The average molecular weight is 313 g/mol. The molecule has 130 valence electrons. The predicted molar refractivity (Wildman–Crippen MR) is 91.9 cm³/mol. The van der Waals surface area contributed by atoms with Gasteiger partial charge in [0.2, 0.25) is 0 Å². The summed E-state index contributed by atoms with van der Waals surface area (Å²) < 4.78 is 5.15. The van der Waals surface area contributed by atoms with Gasteiger partial charge in [-0.2, -0.15) is 0 Å². The Kier molecular flexibility index (Phi) is 14.4. The number of nitrogens with zero attached hydrogens (tertiary/aromatic N) is 1. The summed E-state index contributed by atoms with van der Waals surface area (Å²) in [5.41, 5.74) is 0. The van der Waals surface area contributed by atoms with Crippen LogP contribution in [0.2, 0.25) is 0 Å². The Morgan fingerprint density at radius 1 is 1.14 bits per heavy atom. The molecule has 0 radical (unpaired) electrons. The first-order chi connectivity index (χ1) is 10.6. The van der Waals surface area contributed by atoms with Crippen LogP contribution in [0.25, 0.3) is 0 Å². The lowest BCUT2D eigenvalue weighted by atomic mass is 10.1. The highest BCUT2D eigenvalue weighted by molar-refractivity contribution is 5.81. The van der Waals surface area contributed by atoms with Crippen molar-refractivity contribution in [2.45, 2.75) is 71.8 Å². The van der Waals surface area contributed by atoms with E-state index in [1.54, 1.807) is 13.0 Å². The van der Waals surface area contributed by atoms with Crippen LogP contribution in [0.4, 0.5) is 0 Å². The van der Waals surface area contributed by atoms with Crippen LogP contribution in [0.3, 0.4) is 0 Å². The van der Waals surface area contributed by atoms with E-state index < -0.39 is 0 Å². The van der Waals surface area contributed by atoms with E-state index in [0.717, 1.165) is 25.8 Å². The number of esters is 1. The van der Waals surface area contributed by atoms with Crippen LogP contribution >= 0.6 is 0 Å². The molecule has 0 bridgehead atoms. The van der Waals surface area contributed by atoms with Crippen molar-refractivity contribution in [3.8, 4) is 0 Å². The zero-order valence-electron chi connectivity index (χ0n) is 14.7. The van der Waals surface area contributed by atoms with Crippen molar-refractivity contribution in [3.63, 3.8) is 0 Å². The van der Waals surface area contributed by atoms with Gasteiger partial charge in [-0.3, -0.25) is 4.90 Å². The molecule has 0 aromatic rings. The van der Waals surface area contributed by atoms with E-state index in [4.69, 9.17) is 4.74 Å². The monoisotopic (exact) mass is 313 g/mol. The second-order valence-electron chi connectivity index (χ2n) is 5.82. The number of allylic oxidation sites excluding steroid dienone is 1. The molecule has 0 amide bonds. The van der Waals surface area contributed by atoms with Gasteiger partial charge in [-0.25, -0.2) is 4.79 Å². The molecule has 0 rings (SSSR count). The van der Waals surface area contributed by atoms with E-state index in [9.17, 15) is 9.90 Å². The van der Waals surface area contributed by atoms with Gasteiger partial charge in [0.1, 0.15) is 6.61 Å². The van der Waals surface area contributed by atoms with Crippen LogP contribution in [0, 0.1) is 0 Å². The molecule has 0 aliphatic carbocycles. The summed E-state index contributed by atoms with van der Waals surface area (Å²) in [5, 5.41) is 10.1. The SMILES string of the molecule is C/C=C/C(=O)OCCN(CCCCC)CC(O)CCCCC. The summed E-state index contributed by atoms with van der Waals surface area (Å²) in [6, 6.07) is 0. The molecule has 1 unspecified atom stereocenters. The Morgan fingerprint density at radius 2 is 1.82 bits per heavy atom. The van der Waals surface area contributed by atoms with E-state index in [-0.39, 0.29) is 12.1 Å². The number of hydrogen-bond acceptors (Lipinski definition) is 4. The lowest BCUT2D eigenvalue weighted by Gasteiger charge is -2.25. The molecule has 1 atom stereocenters. The Labute approximate surface area is 136 Å². The van der Waals surface area contributed by atoms with E-state index in [1.807, 2.05) is 0 Å². The number of aliphatic hydroxyl groups excluding tert-OH is 1. The van der Waals surface area contributed by atoms with E-state index in [0.29, 0.717) is 19.7 Å². The van der Waals surface area contributed by atoms with Crippen LogP contribution in [0.15, 0.2) is 12.2 Å². The lowest BCUT2D eigenvalue weighted by molar-refractivity contribution is -0.138. The zero-order valence-corrected chi connectivity index (χ0v) is 14.7. The van der Waals surface area contributed by atoms with Crippen molar-refractivity contribution in [2.75, 3.05) is 26.2 Å². The van der Waals surface area contributed by atoms with Crippen LogP contribution in [-0.2, 0) is 9.53 Å². The normalized spacial score (nSPS) is 13.0. The van der Waals surface area contributed by atoms with Gasteiger partial charge in [0.05, 0.1) is 6.10 Å². The Bertz CT molecular complexity index is 292. The predicted octanol–water partition coefficient (Wildman–Crippen LogP) is 3.54. The number of carbonyl (C=O) groups is 1. The molecule has 0 heterocycles. The topological polar surface area (TPSA) is 49.8 Å². The molecule has 0 spiro atoms. The zero-order chi connectivity index (χ0) is 16.6. The quantitative estimate of drug-likeness (QED) is 0.303. The Hall–Kier alpha value is -0.870. The molecule has 22 heavy (non-hydrogen) atoms. The maximum Gasteiger partial charge on any atom is 0.330 e. The molecule has 0 aliphatic heterocycles. The Morgan fingerprint density at radius 3 is 2.45 bits per heavy atom. The highest BCUT2D eigenvalue weighted by atomic mass is 16.5. The standard InChI is InChI=1S/C18H35NO3/c1-4-7-9-12-17(20)16-19(13-10-8-5-2)14-15-22-18(21)11-6-3/h6,11,17,20H,4-5,7-10,12-16H2,1-3H3/b11-6+. The first-order valence-corrected chi connectivity index (χ1v) is 8.83. The fourth-order valence-corrected chi connectivity index (χ4v) is 2.36. The molecule has 4 heteroatoms. The van der Waals surface area contributed by atoms with Crippen molar-refractivity contribution in [3.05, 3.63) is 12.2 Å². The number of hydrogen-bond donors (Lipinski definition) is 1. The molecular formula is C18H35NO3. The maximum atomic E-state index is 11.3. The fraction of sp³-hybridized carbons (Fsp3) is 0.833. The summed E-state index contributed by atoms with van der Waals surface area (Å²) in [6.07, 6.45) is 10.6. The van der Waals surface area contributed by atoms with Gasteiger partial charge < -0.3 is 9.84 Å². The van der Waals surface area contributed by atoms with Crippen molar-refractivity contribution in [1.29, 1.82) is 0 Å². The van der Waals surface area contributed by atoms with Gasteiger partial charge in [0, 0.05) is 19.2 Å². The molecule has 0 saturated heterocycles. The third kappa shape index (κ3) is 12.8. The smallest absolute Gasteiger partial charge is 0.330 e. The van der Waals surface area contributed by atoms with Gasteiger partial charge in [-0.1, -0.05) is 52.0 Å². The number of unbranched alkanes of at least 4 members (excludes halogenated alkanes) is 4. The molecular weight excluding hydrogens is 278 g/mol. The van der Waals surface area contributed by atoms with Crippen molar-refractivity contribution in [2.24, 2.45) is 0 Å². The minimum atomic E-state index is -0.292. The molecule has 0 aromatic carbocycles. The number of rotatable bonds is 14. The number of ether oxygens (including phenoxy) is 1. The minimum Gasteiger partial charge on any atom is -0.461 e. The maximum absolute atomic E-state index is 11.3. The van der Waals surface area contributed by atoms with Crippen LogP contribution in [0.1, 0.15) is 65.7 Å². The van der Waals surface area contributed by atoms with E-state index in [1.165, 1.54) is 31.8 Å². The molecule has 4 nitrogen and oxygen atoms in total. The van der Waals surface area contributed by atoms with Gasteiger partial charge in [-0.15, -0.1) is 0 Å². The fourth-order valence-electron chi connectivity index (χ4n) is 2.36. The van der Waals surface area contributed by atoms with E-state index in [2.05, 4.69) is 18.7 Å². The summed E-state index contributed by atoms with van der Waals surface area (Å²) in [6.45, 7) is 8.86. The minimum absolute atomic E-state index is 0.278. The third-order valence-electron chi connectivity index (χ3n) is 3.64. The first-order valence-electron chi connectivity index (χ1n) is 8.83. The third-order valence-corrected chi connectivity index (χ3v) is 3.64. The van der Waals surface area contributed by atoms with Crippen LogP contribution < -0.4 is 0 Å². The summed E-state index contributed by atoms with van der Waals surface area (Å²) >= 11 is 0. The molecule has 0 aromatic heterocycles. The summed E-state index contributed by atoms with van der Waals surface area (Å²) in [4.78, 5) is 13.5. The largest absolute Gasteiger partial charge is 0.461 e. The molecule has 0 saturated carbocycles. The van der Waals surface area contributed by atoms with Gasteiger partial charge in [0.15, 0.2) is 0 Å². The Balaban J connectivity index is 4.09. The summed E-state index contributed by atoms with van der Waals surface area (Å²) in [7, 11) is 0. The second kappa shape index (κ2) is 15.0. The van der Waals surface area contributed by atoms with Crippen molar-refractivity contribution < 1.29 is 14.6 Å². The van der Waals surface area contributed by atoms with Crippen molar-refractivity contribution >= 4 is 5.97 Å². The van der Waals surface area contributed by atoms with Crippen LogP contribution in [-0.4, -0.2) is 48.3 Å². The highest BCUT2D eigenvalue weighted by Gasteiger charge is 2.12. The highest BCUT2D eigenvalue weighted by Crippen LogP contribution is 2.07. The second-order valence-corrected chi connectivity index (χ2v) is 5.82. The average Bonchev–Trinajstić information content (AvgIpc) is 2.48. The number of aliphatic hydroxyl groups is 1. The number of carbonyl (C=O) groups excluding carboxylic acids is 1. The first kappa shape index (κ1) is 21.1. The lowest BCUT2D eigenvalue weighted by Crippen LogP contribution is -2.36. The van der Waals surface area contributed by atoms with Crippen LogP contribution in [0.5, 0.6) is 0 Å². The van der Waals surface area contributed by atoms with Crippen molar-refractivity contribution in [1.82, 2.24) is 4.90 Å². The molecule has 0 fully saturated rings. The molecule has 1 N–H and O–H groups in total. The summed E-state index contributed by atoms with van der Waals surface area (Å²) in [5.74, 6) is -0.292. The molecule has 0 aliphatic rings. The van der Waals surface area contributed by atoms with Gasteiger partial charge in [-0.05, 0) is 26.3 Å². The van der Waals surface area contributed by atoms with Gasteiger partial charge in [0.25, 0.3) is 0 Å². The van der Waals surface area contributed by atoms with E-state index >= 15 is 0 Å². The van der Waals surface area contributed by atoms with Gasteiger partial charge >= 0.3 is 5.97 Å².